The molecule has 37 heteroatoms. The molecule has 1 aromatic heterocycles. The molecule has 3 fully saturated rings. The molecule has 0 bridgehead atoms. The minimum absolute atomic E-state index is 0.0142. The quantitative estimate of drug-likeness (QED) is 0.0414. The number of hydrogen-bond acceptors (Lipinski definition) is 19. The maximum absolute atomic E-state index is 15.7. The number of aryl methyl sites for hydroxylation is 1. The molecule has 6 aromatic rings. The van der Waals surface area contributed by atoms with E-state index in [1.807, 2.05) is 13.8 Å². The number of carboxylic acids is 1. The number of fused-ring (bicyclic) bond motifs is 3. The first kappa shape index (κ1) is 102. The molecule has 706 valence electrons. The van der Waals surface area contributed by atoms with Crippen molar-refractivity contribution in [2.45, 2.75) is 223 Å². The lowest BCUT2D eigenvalue weighted by Crippen LogP contribution is -2.62. The van der Waals surface area contributed by atoms with Crippen LogP contribution >= 0.6 is 11.8 Å². The van der Waals surface area contributed by atoms with Gasteiger partial charge in [0.25, 0.3) is 0 Å². The highest BCUT2D eigenvalue weighted by Crippen LogP contribution is 2.28. The molecule has 3 aliphatic heterocycles. The molecule has 9 rings (SSSR count). The van der Waals surface area contributed by atoms with Crippen LogP contribution in [0.2, 0.25) is 0 Å². The second-order valence-electron chi connectivity index (χ2n) is 34.6. The SMILES string of the molecule is CCCC[C@H]1C(=O)N2CCC[C@@H]2C(=O)N[C@@H](CC(=O)O)C(=O)N[C@@H](C(C)C)C(=O)N(C)[C@H](Cc2ccc(C)cc2)C(=O)N[C@@H](CCCN)C(=O)N2CCC[C@@H]2C(=O)N[C@@H](Cc2c[nH]c3ccccc23)C(=O)N[C@@H](Cc2ccc(O)cc2)C(=O)N[C@H](CC(C)C)C(=O)N[C@H](C(=O)NCC(N)=O)CSCC(=O)N[C@H](Cc2ccc(F)cc2)C(=O)N(C)[C@@H](Cc2ccccc2)C(=O)N1C. The van der Waals surface area contributed by atoms with Gasteiger partial charge in [-0.2, -0.15) is 0 Å². The normalized spacial score (nSPS) is 23.8. The van der Waals surface area contributed by atoms with Crippen LogP contribution in [0.1, 0.15) is 139 Å². The Balaban J connectivity index is 1.12. The summed E-state index contributed by atoms with van der Waals surface area (Å²) in [5.41, 5.74) is 15.5. The number of aliphatic carboxylic acids is 1. The van der Waals surface area contributed by atoms with Crippen molar-refractivity contribution >= 4 is 117 Å². The number of thioether (sulfide) groups is 1. The lowest BCUT2D eigenvalue weighted by molar-refractivity contribution is -0.152. The predicted octanol–water partition coefficient (Wildman–Crippen LogP) is 2.63. The average Bonchev–Trinajstić information content (AvgIpc) is 1.52. The lowest BCUT2D eigenvalue weighted by atomic mass is 9.98. The van der Waals surface area contributed by atoms with Crippen molar-refractivity contribution in [3.63, 3.8) is 0 Å². The summed E-state index contributed by atoms with van der Waals surface area (Å²) in [5, 5.41) is 45.8. The highest BCUT2D eigenvalue weighted by molar-refractivity contribution is 8.00. The molecule has 3 aliphatic rings. The van der Waals surface area contributed by atoms with Crippen LogP contribution in [-0.4, -0.2) is 272 Å². The molecule has 0 saturated carbocycles. The Kier molecular flexibility index (Phi) is 37.9. The van der Waals surface area contributed by atoms with Gasteiger partial charge in [-0.05, 0) is 135 Å². The first-order valence-electron chi connectivity index (χ1n) is 44.5. The number of benzene rings is 5. The van der Waals surface area contributed by atoms with E-state index >= 15 is 47.9 Å². The second kappa shape index (κ2) is 48.7. The van der Waals surface area contributed by atoms with Crippen molar-refractivity contribution in [2.75, 3.05) is 58.8 Å². The highest BCUT2D eigenvalue weighted by atomic mass is 32.2. The Morgan fingerprint density at radius 2 is 1.05 bits per heavy atom. The number of carboxylic acid groups (broad SMARTS) is 1. The Labute approximate surface area is 765 Å². The third-order valence-corrected chi connectivity index (χ3v) is 24.9. The Morgan fingerprint density at radius 1 is 0.527 bits per heavy atom. The number of amides is 15. The number of nitrogens with zero attached hydrogens (tertiary/aromatic N) is 5. The largest absolute Gasteiger partial charge is 0.508 e. The van der Waals surface area contributed by atoms with Gasteiger partial charge in [0, 0.05) is 89.2 Å². The predicted molar refractivity (Wildman–Crippen MR) is 487 cm³/mol. The Bertz CT molecular complexity index is 5030. The van der Waals surface area contributed by atoms with Gasteiger partial charge in [0.05, 0.1) is 18.7 Å². The van der Waals surface area contributed by atoms with E-state index in [4.69, 9.17) is 11.5 Å². The van der Waals surface area contributed by atoms with Crippen LogP contribution in [0.3, 0.4) is 0 Å². The molecule has 0 aliphatic carbocycles. The summed E-state index contributed by atoms with van der Waals surface area (Å²) in [6, 6.07) is 14.2. The van der Waals surface area contributed by atoms with Gasteiger partial charge < -0.3 is 99.0 Å². The number of likely N-dealkylation sites (N-methyl/N-ethyl adjacent to an activating group) is 3. The third kappa shape index (κ3) is 28.8. The number of halogens is 1. The molecule has 35 nitrogen and oxygen atoms in total. The molecule has 131 heavy (non-hydrogen) atoms. The summed E-state index contributed by atoms with van der Waals surface area (Å²) >= 11 is 0.798. The van der Waals surface area contributed by atoms with E-state index in [9.17, 15) is 43.4 Å². The van der Waals surface area contributed by atoms with Crippen molar-refractivity contribution in [2.24, 2.45) is 23.3 Å². The van der Waals surface area contributed by atoms with Crippen LogP contribution < -0.4 is 59.3 Å². The number of H-pyrrole nitrogens is 1. The molecule has 5 aromatic carbocycles. The summed E-state index contributed by atoms with van der Waals surface area (Å²) in [6.07, 6.45) is 0.986. The van der Waals surface area contributed by atoms with E-state index in [2.05, 4.69) is 52.8 Å². The van der Waals surface area contributed by atoms with Gasteiger partial charge in [-0.3, -0.25) is 76.7 Å². The van der Waals surface area contributed by atoms with Crippen molar-refractivity contribution in [3.8, 4) is 5.75 Å². The number of unbranched alkanes of at least 4 members (excludes halogenated alkanes) is 1. The molecule has 13 atom stereocenters. The van der Waals surface area contributed by atoms with E-state index in [0.717, 1.165) is 39.3 Å². The standard InChI is InChI=1S/C94H124FN17O18S/c1-10-11-25-75-93(129)112-42-19-27-74(112)88(124)105-70(49-80(116)117)86(122)107-81(55(4)5)94(130)109(8)76(46-60-30-28-56(6)29-31-60)89(125)101-66(24-17-40-96)91(127)111-41-18-26-73(111)87(123)104-69(48-61-50-98-65-23-16-15-22-64(61)65)85(121)103-68(44-59-34-38-63(113)39-35-59)84(120)102-67(43-54(2)3)83(119)106-72(82(118)99-51-78(97)114)52-131-53-79(115)100-71(45-58-32-36-62(95)37-33-58)90(126)110(9)77(92(128)108(75)7)47-57-20-13-12-14-21-57/h12-16,20-23,28-39,50,54-55,66-77,81,98,113H,10-11,17-19,24-27,40-49,51-53,96H2,1-9H3,(H2,97,114)(H,99,118)(H,100,115)(H,101,125)(H,102,120)(H,103,121)(H,104,123)(H,105,124)(H,106,119)(H,107,122)(H,116,117)/t66-,67+,68-,69-,70-,71+,72-,73+,74+,75-,76+,77-,81-/m0/s1. The van der Waals surface area contributed by atoms with Gasteiger partial charge >= 0.3 is 5.97 Å². The number of rotatable bonds is 24. The molecule has 0 spiro atoms. The van der Waals surface area contributed by atoms with Gasteiger partial charge in [0.2, 0.25) is 88.6 Å². The topological polar surface area (TPSA) is 506 Å². The molecule has 15 amide bonds. The summed E-state index contributed by atoms with van der Waals surface area (Å²) in [7, 11) is 4.04. The smallest absolute Gasteiger partial charge is 0.305 e. The van der Waals surface area contributed by atoms with Crippen LogP contribution in [-0.2, 0) is 109 Å². The number of aromatic amines is 1. The number of hydrogen-bond donors (Lipinski definition) is 14. The molecule has 0 radical (unpaired) electrons. The van der Waals surface area contributed by atoms with Crippen LogP contribution in [0.25, 0.3) is 10.9 Å². The number of carbonyl (C=O) groups excluding carboxylic acids is 15. The van der Waals surface area contributed by atoms with Crippen molar-refractivity contribution in [1.82, 2.24) is 77.3 Å². The minimum Gasteiger partial charge on any atom is -0.508 e. The fourth-order valence-corrected chi connectivity index (χ4v) is 17.4. The van der Waals surface area contributed by atoms with Gasteiger partial charge in [0.15, 0.2) is 0 Å². The zero-order valence-electron chi connectivity index (χ0n) is 75.5. The number of aromatic nitrogens is 1. The molecule has 4 heterocycles. The average molecular weight is 1830 g/mol. The monoisotopic (exact) mass is 1830 g/mol. The minimum atomic E-state index is -1.89. The first-order chi connectivity index (χ1) is 62.4. The number of nitrogens with one attached hydrogen (secondary N) is 10. The number of nitrogens with two attached hydrogens (primary N) is 2. The zero-order valence-corrected chi connectivity index (χ0v) is 76.3. The fraction of sp³-hybridized carbons (Fsp3) is 0.489. The van der Waals surface area contributed by atoms with Crippen molar-refractivity contribution < 1.29 is 91.3 Å². The number of carbonyl (C=O) groups is 16. The van der Waals surface area contributed by atoms with Gasteiger partial charge in [0.1, 0.15) is 90.1 Å². The fourth-order valence-electron chi connectivity index (χ4n) is 16.5. The van der Waals surface area contributed by atoms with E-state index in [-0.39, 0.29) is 115 Å². The number of phenols is 1. The van der Waals surface area contributed by atoms with Gasteiger partial charge in [-0.1, -0.05) is 150 Å². The van der Waals surface area contributed by atoms with Crippen molar-refractivity contribution in [3.05, 3.63) is 173 Å². The molecular weight excluding hydrogens is 1710 g/mol. The second-order valence-corrected chi connectivity index (χ2v) is 35.7. The van der Waals surface area contributed by atoms with Crippen LogP contribution in [0.5, 0.6) is 5.75 Å². The molecule has 16 N–H and O–H groups in total. The Hall–Kier alpha value is -12.8. The van der Waals surface area contributed by atoms with E-state index in [0.29, 0.717) is 51.6 Å². The van der Waals surface area contributed by atoms with Crippen molar-refractivity contribution in [1.29, 1.82) is 0 Å². The Morgan fingerprint density at radius 3 is 1.66 bits per heavy atom. The number of phenolic OH excluding ortho intramolecular Hbond substituents is 1. The van der Waals surface area contributed by atoms with Crippen LogP contribution in [0, 0.1) is 24.6 Å². The molecule has 0 unspecified atom stereocenters. The number of primary amides is 1. The summed E-state index contributed by atoms with van der Waals surface area (Å²) in [5.74, 6) is -17.5. The van der Waals surface area contributed by atoms with Crippen LogP contribution in [0.4, 0.5) is 4.39 Å². The summed E-state index contributed by atoms with van der Waals surface area (Å²) < 4.78 is 14.6. The maximum Gasteiger partial charge on any atom is 0.305 e. The maximum atomic E-state index is 15.7. The third-order valence-electron chi connectivity index (χ3n) is 23.9. The zero-order chi connectivity index (χ0) is 95.4. The highest BCUT2D eigenvalue weighted by Gasteiger charge is 2.46. The number of aromatic hydroxyl groups is 1. The summed E-state index contributed by atoms with van der Waals surface area (Å²) in [4.78, 5) is 247. The lowest BCUT2D eigenvalue weighted by Gasteiger charge is -2.38. The molecule has 3 saturated heterocycles. The van der Waals surface area contributed by atoms with Gasteiger partial charge in [-0.25, -0.2) is 4.39 Å². The molecular formula is C94H124FN17O18S. The van der Waals surface area contributed by atoms with Gasteiger partial charge in [-0.15, -0.1) is 11.8 Å². The van der Waals surface area contributed by atoms with E-state index in [1.54, 1.807) is 113 Å². The van der Waals surface area contributed by atoms with Crippen LogP contribution in [0.15, 0.2) is 134 Å². The van der Waals surface area contributed by atoms with E-state index < -0.39 is 209 Å². The van der Waals surface area contributed by atoms with E-state index in [1.165, 1.54) is 72.2 Å². The number of para-hydroxylation sites is 1. The summed E-state index contributed by atoms with van der Waals surface area (Å²) in [6.45, 7) is 9.67. The first-order valence-corrected chi connectivity index (χ1v) is 45.6.